The molecule has 31 heavy (non-hydrogen) atoms. The van der Waals surface area contributed by atoms with Crippen LogP contribution in [0.5, 0.6) is 17.2 Å². The van der Waals surface area contributed by atoms with Gasteiger partial charge in [0.2, 0.25) is 5.91 Å². The summed E-state index contributed by atoms with van der Waals surface area (Å²) in [5.41, 5.74) is 3.19. The monoisotopic (exact) mass is 422 g/mol. The molecule has 6 heteroatoms. The number of piperazine rings is 1. The molecule has 1 fully saturated rings. The first-order valence-corrected chi connectivity index (χ1v) is 10.9. The van der Waals surface area contributed by atoms with Gasteiger partial charge in [0.1, 0.15) is 23.4 Å². The van der Waals surface area contributed by atoms with Crippen LogP contribution in [0.15, 0.2) is 42.5 Å². The zero-order valence-corrected chi connectivity index (χ0v) is 18.5. The highest BCUT2D eigenvalue weighted by Gasteiger charge is 2.22. The summed E-state index contributed by atoms with van der Waals surface area (Å²) in [7, 11) is 1.67. The van der Waals surface area contributed by atoms with E-state index in [0.717, 1.165) is 53.6 Å². The average Bonchev–Trinajstić information content (AvgIpc) is 3.16. The van der Waals surface area contributed by atoms with Gasteiger partial charge in [-0.15, -0.1) is 0 Å². The molecular weight excluding hydrogens is 392 g/mol. The zero-order valence-electron chi connectivity index (χ0n) is 18.5. The van der Waals surface area contributed by atoms with Crippen molar-refractivity contribution in [3.63, 3.8) is 0 Å². The van der Waals surface area contributed by atoms with Gasteiger partial charge < -0.3 is 24.0 Å². The summed E-state index contributed by atoms with van der Waals surface area (Å²) in [4.78, 5) is 17.0. The maximum absolute atomic E-state index is 12.8. The van der Waals surface area contributed by atoms with Gasteiger partial charge in [0, 0.05) is 55.5 Å². The number of hydrogen-bond donors (Lipinski definition) is 0. The number of amides is 1. The first-order valence-electron chi connectivity index (χ1n) is 10.9. The number of hydrogen-bond acceptors (Lipinski definition) is 5. The fourth-order valence-electron chi connectivity index (χ4n) is 4.11. The van der Waals surface area contributed by atoms with Crippen LogP contribution >= 0.6 is 0 Å². The van der Waals surface area contributed by atoms with Crippen molar-refractivity contribution in [1.29, 1.82) is 0 Å². The molecule has 2 heterocycles. The summed E-state index contributed by atoms with van der Waals surface area (Å²) in [6.07, 6.45) is 4.55. The largest absolute Gasteiger partial charge is 0.497 e. The molecule has 0 unspecified atom stereocenters. The van der Waals surface area contributed by atoms with Crippen LogP contribution in [0.4, 0.5) is 5.69 Å². The van der Waals surface area contributed by atoms with Crippen molar-refractivity contribution in [2.45, 2.75) is 26.4 Å². The Labute approximate surface area is 184 Å². The Morgan fingerprint density at radius 3 is 2.58 bits per heavy atom. The first kappa shape index (κ1) is 21.1. The topological polar surface area (TPSA) is 51.2 Å². The lowest BCUT2D eigenvalue weighted by Crippen LogP contribution is -2.48. The quantitative estimate of drug-likeness (QED) is 0.663. The van der Waals surface area contributed by atoms with Crippen molar-refractivity contribution >= 4 is 17.7 Å². The van der Waals surface area contributed by atoms with Crippen LogP contribution in [-0.4, -0.2) is 56.8 Å². The molecule has 0 N–H and O–H groups in total. The highest BCUT2D eigenvalue weighted by molar-refractivity contribution is 5.92. The van der Waals surface area contributed by atoms with E-state index in [-0.39, 0.29) is 12.0 Å². The Hall–Kier alpha value is -3.15. The van der Waals surface area contributed by atoms with E-state index in [9.17, 15) is 4.79 Å². The Balaban J connectivity index is 1.39. The number of benzene rings is 2. The van der Waals surface area contributed by atoms with Gasteiger partial charge in [-0.3, -0.25) is 4.79 Å². The number of carbonyl (C=O) groups is 1. The lowest BCUT2D eigenvalue weighted by atomic mass is 10.1. The molecule has 0 bridgehead atoms. The predicted octanol–water partition coefficient (Wildman–Crippen LogP) is 3.78. The van der Waals surface area contributed by atoms with Crippen molar-refractivity contribution in [1.82, 2.24) is 4.90 Å². The molecule has 0 aromatic heterocycles. The van der Waals surface area contributed by atoms with Gasteiger partial charge >= 0.3 is 0 Å². The van der Waals surface area contributed by atoms with Crippen LogP contribution in [0.1, 0.15) is 25.0 Å². The van der Waals surface area contributed by atoms with Crippen LogP contribution in [0.3, 0.4) is 0 Å². The van der Waals surface area contributed by atoms with Crippen LogP contribution in [0, 0.1) is 0 Å². The van der Waals surface area contributed by atoms with E-state index in [1.54, 1.807) is 13.2 Å². The van der Waals surface area contributed by atoms with Crippen LogP contribution < -0.4 is 19.1 Å². The minimum Gasteiger partial charge on any atom is -0.497 e. The van der Waals surface area contributed by atoms with Gasteiger partial charge in [-0.2, -0.15) is 0 Å². The van der Waals surface area contributed by atoms with Gasteiger partial charge in [0.15, 0.2) is 0 Å². The minimum absolute atomic E-state index is 0.0200. The van der Waals surface area contributed by atoms with Gasteiger partial charge in [0.05, 0.1) is 13.7 Å². The van der Waals surface area contributed by atoms with E-state index in [1.807, 2.05) is 42.2 Å². The van der Waals surface area contributed by atoms with Crippen molar-refractivity contribution < 1.29 is 19.0 Å². The van der Waals surface area contributed by atoms with Crippen LogP contribution in [0.25, 0.3) is 6.08 Å². The Morgan fingerprint density at radius 1 is 1.16 bits per heavy atom. The van der Waals surface area contributed by atoms with E-state index >= 15 is 0 Å². The minimum atomic E-state index is 0.0200. The van der Waals surface area contributed by atoms with Crippen molar-refractivity contribution in [2.75, 3.05) is 44.8 Å². The highest BCUT2D eigenvalue weighted by atomic mass is 16.5. The Bertz CT molecular complexity index is 947. The number of carbonyl (C=O) groups excluding carboxylic acids is 1. The summed E-state index contributed by atoms with van der Waals surface area (Å²) in [6.45, 7) is 7.60. The molecule has 2 aromatic carbocycles. The highest BCUT2D eigenvalue weighted by Crippen LogP contribution is 2.35. The molecular formula is C25H30N2O4. The lowest BCUT2D eigenvalue weighted by Gasteiger charge is -2.35. The van der Waals surface area contributed by atoms with Crippen LogP contribution in [-0.2, 0) is 11.2 Å². The summed E-state index contributed by atoms with van der Waals surface area (Å²) in [5.74, 6) is 2.55. The molecule has 164 valence electrons. The number of anilines is 1. The average molecular weight is 423 g/mol. The third-order valence-corrected chi connectivity index (χ3v) is 5.76. The molecule has 1 atom stereocenters. The molecule has 0 spiro atoms. The van der Waals surface area contributed by atoms with Gasteiger partial charge in [0.25, 0.3) is 0 Å². The fraction of sp³-hybridized carbons (Fsp3) is 0.400. The van der Waals surface area contributed by atoms with E-state index in [0.29, 0.717) is 19.7 Å². The summed E-state index contributed by atoms with van der Waals surface area (Å²) in [5, 5.41) is 0. The molecule has 0 radical (unpaired) electrons. The summed E-state index contributed by atoms with van der Waals surface area (Å²) >= 11 is 0. The molecule has 2 aliphatic rings. The van der Waals surface area contributed by atoms with E-state index < -0.39 is 0 Å². The lowest BCUT2D eigenvalue weighted by molar-refractivity contribution is -0.126. The van der Waals surface area contributed by atoms with Crippen molar-refractivity contribution in [2.24, 2.45) is 0 Å². The first-order chi connectivity index (χ1) is 15.1. The van der Waals surface area contributed by atoms with Crippen molar-refractivity contribution in [3.05, 3.63) is 53.6 Å². The predicted molar refractivity (Wildman–Crippen MR) is 122 cm³/mol. The second kappa shape index (κ2) is 9.33. The molecule has 0 saturated carbocycles. The molecule has 2 aliphatic heterocycles. The van der Waals surface area contributed by atoms with Gasteiger partial charge in [-0.25, -0.2) is 0 Å². The van der Waals surface area contributed by atoms with Gasteiger partial charge in [-0.1, -0.05) is 0 Å². The van der Waals surface area contributed by atoms with Gasteiger partial charge in [-0.05, 0) is 56.3 Å². The number of fused-ring (bicyclic) bond motifs is 1. The molecule has 2 aromatic rings. The molecule has 6 nitrogen and oxygen atoms in total. The molecule has 1 amide bonds. The number of ether oxygens (including phenoxy) is 3. The molecule has 4 rings (SSSR count). The molecule has 1 saturated heterocycles. The number of rotatable bonds is 6. The Morgan fingerprint density at radius 2 is 1.90 bits per heavy atom. The van der Waals surface area contributed by atoms with E-state index in [4.69, 9.17) is 14.2 Å². The third kappa shape index (κ3) is 4.79. The SMILES string of the molecule is CCOc1cc2c(cc1/C=C/C(=O)N1CCN(c3ccc(OC)cc3)CC1)O[C@H](C)C2. The maximum atomic E-state index is 12.8. The number of nitrogens with zero attached hydrogens (tertiary/aromatic N) is 2. The maximum Gasteiger partial charge on any atom is 0.246 e. The van der Waals surface area contributed by atoms with Crippen molar-refractivity contribution in [3.8, 4) is 17.2 Å². The molecule has 0 aliphatic carbocycles. The Kier molecular flexibility index (Phi) is 6.35. The standard InChI is InChI=1S/C25H30N2O4/c1-4-30-23-17-20-15-18(2)31-24(20)16-19(23)5-10-25(28)27-13-11-26(12-14-27)21-6-8-22(29-3)9-7-21/h5-10,16-18H,4,11-15H2,1-3H3/b10-5+/t18-/m1/s1. The second-order valence-corrected chi connectivity index (χ2v) is 7.91. The summed E-state index contributed by atoms with van der Waals surface area (Å²) in [6, 6.07) is 12.1. The third-order valence-electron chi connectivity index (χ3n) is 5.76. The fourth-order valence-corrected chi connectivity index (χ4v) is 4.11. The van der Waals surface area contributed by atoms with Crippen LogP contribution in [0.2, 0.25) is 0 Å². The van der Waals surface area contributed by atoms with E-state index in [2.05, 4.69) is 24.0 Å². The smallest absolute Gasteiger partial charge is 0.246 e. The normalized spacial score (nSPS) is 18.1. The van der Waals surface area contributed by atoms with E-state index in [1.165, 1.54) is 0 Å². The second-order valence-electron chi connectivity index (χ2n) is 7.91. The summed E-state index contributed by atoms with van der Waals surface area (Å²) < 4.78 is 16.9. The number of methoxy groups -OCH3 is 1. The zero-order chi connectivity index (χ0) is 21.8.